The molecular weight excluding hydrogens is 370 g/mol. The van der Waals surface area contributed by atoms with Crippen LogP contribution in [0.4, 0.5) is 5.69 Å². The van der Waals surface area contributed by atoms with Crippen LogP contribution >= 0.6 is 0 Å². The molecule has 0 aliphatic rings. The predicted octanol–water partition coefficient (Wildman–Crippen LogP) is 4.57. The maximum Gasteiger partial charge on any atom is 0.375 e. The van der Waals surface area contributed by atoms with Crippen LogP contribution in [0.1, 0.15) is 36.9 Å². The number of hydrogen-bond donors (Lipinski definition) is 0. The standard InChI is InChI=1S/C23H25NO5/c1-4-24(17-11-7-6-8-12-17)22(25)16(3)28-23(26)21-19(15-27-5-2)18-13-9-10-14-20(18)29-21/h6-14,16H,4-5,15H2,1-3H3/t16-/m1/s1. The summed E-state index contributed by atoms with van der Waals surface area (Å²) in [5, 5.41) is 0.798. The van der Waals surface area contributed by atoms with Gasteiger partial charge in [0, 0.05) is 29.8 Å². The van der Waals surface area contributed by atoms with Crippen LogP contribution in [-0.4, -0.2) is 31.1 Å². The molecule has 1 amide bonds. The first-order chi connectivity index (χ1) is 14.1. The van der Waals surface area contributed by atoms with Crippen molar-refractivity contribution < 1.29 is 23.5 Å². The van der Waals surface area contributed by atoms with E-state index < -0.39 is 12.1 Å². The SMILES string of the molecule is CCOCc1c(C(=O)O[C@H](C)C(=O)N(CC)c2ccccc2)oc2ccccc12. The first kappa shape index (κ1) is 20.6. The molecule has 0 bridgehead atoms. The van der Waals surface area contributed by atoms with Crippen LogP contribution in [0.15, 0.2) is 59.0 Å². The molecule has 1 atom stereocenters. The van der Waals surface area contributed by atoms with Gasteiger partial charge in [0.05, 0.1) is 6.61 Å². The van der Waals surface area contributed by atoms with Crippen molar-refractivity contribution in [2.75, 3.05) is 18.1 Å². The van der Waals surface area contributed by atoms with Crippen LogP contribution in [0.3, 0.4) is 0 Å². The first-order valence-corrected chi connectivity index (χ1v) is 9.72. The fraction of sp³-hybridized carbons (Fsp3) is 0.304. The lowest BCUT2D eigenvalue weighted by Crippen LogP contribution is -2.40. The fourth-order valence-corrected chi connectivity index (χ4v) is 3.17. The zero-order valence-corrected chi connectivity index (χ0v) is 16.9. The molecule has 1 heterocycles. The summed E-state index contributed by atoms with van der Waals surface area (Å²) >= 11 is 0. The highest BCUT2D eigenvalue weighted by atomic mass is 16.6. The maximum atomic E-state index is 12.9. The van der Waals surface area contributed by atoms with Gasteiger partial charge in [0.25, 0.3) is 5.91 Å². The number of esters is 1. The van der Waals surface area contributed by atoms with Gasteiger partial charge in [-0.25, -0.2) is 4.79 Å². The second-order valence-corrected chi connectivity index (χ2v) is 6.51. The number of benzene rings is 2. The van der Waals surface area contributed by atoms with E-state index in [2.05, 4.69) is 0 Å². The number of likely N-dealkylation sites (N-methyl/N-ethyl adjacent to an activating group) is 1. The fourth-order valence-electron chi connectivity index (χ4n) is 3.17. The van der Waals surface area contributed by atoms with E-state index in [9.17, 15) is 9.59 Å². The zero-order chi connectivity index (χ0) is 20.8. The molecule has 6 heteroatoms. The van der Waals surface area contributed by atoms with Crippen LogP contribution in [0, 0.1) is 0 Å². The van der Waals surface area contributed by atoms with Crippen molar-refractivity contribution in [2.24, 2.45) is 0 Å². The number of amides is 1. The summed E-state index contributed by atoms with van der Waals surface area (Å²) in [6, 6.07) is 16.6. The van der Waals surface area contributed by atoms with Crippen molar-refractivity contribution in [3.63, 3.8) is 0 Å². The number of ether oxygens (including phenoxy) is 2. The molecule has 2 aromatic carbocycles. The van der Waals surface area contributed by atoms with Crippen molar-refractivity contribution in [1.29, 1.82) is 0 Å². The molecule has 6 nitrogen and oxygen atoms in total. The molecule has 1 aromatic heterocycles. The van der Waals surface area contributed by atoms with Crippen LogP contribution in [-0.2, 0) is 20.9 Å². The average Bonchev–Trinajstić information content (AvgIpc) is 3.12. The molecule has 0 aliphatic carbocycles. The van der Waals surface area contributed by atoms with Crippen molar-refractivity contribution in [3.05, 3.63) is 65.9 Å². The number of carbonyl (C=O) groups excluding carboxylic acids is 2. The molecule has 3 rings (SSSR count). The second-order valence-electron chi connectivity index (χ2n) is 6.51. The Morgan fingerprint density at radius 3 is 2.41 bits per heavy atom. The lowest BCUT2D eigenvalue weighted by molar-refractivity contribution is -0.126. The molecule has 0 saturated heterocycles. The summed E-state index contributed by atoms with van der Waals surface area (Å²) in [4.78, 5) is 27.3. The number of furan rings is 1. The van der Waals surface area contributed by atoms with Crippen LogP contribution in [0.25, 0.3) is 11.0 Å². The Balaban J connectivity index is 1.81. The Labute approximate surface area is 170 Å². The van der Waals surface area contributed by atoms with Crippen molar-refractivity contribution in [3.8, 4) is 0 Å². The number of para-hydroxylation sites is 2. The Morgan fingerprint density at radius 1 is 1.03 bits per heavy atom. The molecule has 0 unspecified atom stereocenters. The molecule has 0 spiro atoms. The van der Waals surface area contributed by atoms with Gasteiger partial charge >= 0.3 is 5.97 Å². The van der Waals surface area contributed by atoms with E-state index in [0.717, 1.165) is 11.1 Å². The lowest BCUT2D eigenvalue weighted by Gasteiger charge is -2.24. The van der Waals surface area contributed by atoms with E-state index in [1.54, 1.807) is 17.9 Å². The van der Waals surface area contributed by atoms with E-state index in [0.29, 0.717) is 24.3 Å². The largest absolute Gasteiger partial charge is 0.449 e. The molecule has 0 fully saturated rings. The summed E-state index contributed by atoms with van der Waals surface area (Å²) in [6.07, 6.45) is -0.962. The normalized spacial score (nSPS) is 12.0. The highest BCUT2D eigenvalue weighted by Gasteiger charge is 2.28. The summed E-state index contributed by atoms with van der Waals surface area (Å²) in [5.74, 6) is -0.905. The number of carbonyl (C=O) groups is 2. The molecule has 3 aromatic rings. The monoisotopic (exact) mass is 395 g/mol. The van der Waals surface area contributed by atoms with Crippen LogP contribution < -0.4 is 4.90 Å². The third-order valence-electron chi connectivity index (χ3n) is 4.62. The van der Waals surface area contributed by atoms with E-state index >= 15 is 0 Å². The van der Waals surface area contributed by atoms with Crippen molar-refractivity contribution in [1.82, 2.24) is 0 Å². The van der Waals surface area contributed by atoms with Gasteiger partial charge in [-0.1, -0.05) is 36.4 Å². The quantitative estimate of drug-likeness (QED) is 0.523. The van der Waals surface area contributed by atoms with Crippen molar-refractivity contribution >= 4 is 28.5 Å². The highest BCUT2D eigenvalue weighted by molar-refractivity contribution is 6.00. The second kappa shape index (κ2) is 9.39. The lowest BCUT2D eigenvalue weighted by atomic mass is 10.1. The number of hydrogen-bond acceptors (Lipinski definition) is 5. The van der Waals surface area contributed by atoms with Gasteiger partial charge < -0.3 is 18.8 Å². The maximum absolute atomic E-state index is 12.9. The zero-order valence-electron chi connectivity index (χ0n) is 16.9. The topological polar surface area (TPSA) is 69.0 Å². The summed E-state index contributed by atoms with van der Waals surface area (Å²) in [6.45, 7) is 6.52. The molecule has 0 aliphatic heterocycles. The third kappa shape index (κ3) is 4.49. The Kier molecular flexibility index (Phi) is 6.67. The number of anilines is 1. The van der Waals surface area contributed by atoms with E-state index in [1.807, 2.05) is 62.4 Å². The third-order valence-corrected chi connectivity index (χ3v) is 4.62. The number of fused-ring (bicyclic) bond motifs is 1. The number of rotatable bonds is 8. The minimum Gasteiger partial charge on any atom is -0.449 e. The molecule has 0 N–H and O–H groups in total. The van der Waals surface area contributed by atoms with Gasteiger partial charge in [0.1, 0.15) is 5.58 Å². The van der Waals surface area contributed by atoms with Gasteiger partial charge in [-0.3, -0.25) is 4.79 Å². The molecule has 0 radical (unpaired) electrons. The number of nitrogens with zero attached hydrogens (tertiary/aromatic N) is 1. The molecule has 29 heavy (non-hydrogen) atoms. The summed E-state index contributed by atoms with van der Waals surface area (Å²) in [7, 11) is 0. The van der Waals surface area contributed by atoms with Gasteiger partial charge in [0.2, 0.25) is 5.76 Å². The predicted molar refractivity (Wildman–Crippen MR) is 111 cm³/mol. The molecule has 152 valence electrons. The minimum absolute atomic E-state index is 0.0714. The Morgan fingerprint density at radius 2 is 1.72 bits per heavy atom. The average molecular weight is 395 g/mol. The van der Waals surface area contributed by atoms with Gasteiger partial charge in [-0.2, -0.15) is 0 Å². The smallest absolute Gasteiger partial charge is 0.375 e. The highest BCUT2D eigenvalue weighted by Crippen LogP contribution is 2.28. The summed E-state index contributed by atoms with van der Waals surface area (Å²) < 4.78 is 16.7. The first-order valence-electron chi connectivity index (χ1n) is 9.72. The molecule has 0 saturated carbocycles. The minimum atomic E-state index is -0.962. The molecular formula is C23H25NO5. The van der Waals surface area contributed by atoms with E-state index in [4.69, 9.17) is 13.9 Å². The Hall–Kier alpha value is -3.12. The van der Waals surface area contributed by atoms with Crippen LogP contribution in [0.5, 0.6) is 0 Å². The van der Waals surface area contributed by atoms with Gasteiger partial charge in [-0.15, -0.1) is 0 Å². The van der Waals surface area contributed by atoms with E-state index in [1.165, 1.54) is 0 Å². The van der Waals surface area contributed by atoms with Gasteiger partial charge in [0.15, 0.2) is 6.10 Å². The van der Waals surface area contributed by atoms with Crippen LogP contribution in [0.2, 0.25) is 0 Å². The Bertz CT molecular complexity index is 979. The van der Waals surface area contributed by atoms with Gasteiger partial charge in [-0.05, 0) is 39.0 Å². The van der Waals surface area contributed by atoms with E-state index in [-0.39, 0.29) is 18.3 Å². The summed E-state index contributed by atoms with van der Waals surface area (Å²) in [5.41, 5.74) is 1.96. The van der Waals surface area contributed by atoms with Crippen molar-refractivity contribution in [2.45, 2.75) is 33.5 Å².